The Labute approximate surface area is 119 Å². The molecular weight excluding hydrogens is 244 g/mol. The van der Waals surface area contributed by atoms with Gasteiger partial charge in [-0.15, -0.1) is 0 Å². The lowest BCUT2D eigenvalue weighted by Gasteiger charge is -2.19. The number of para-hydroxylation sites is 1. The van der Waals surface area contributed by atoms with Crippen LogP contribution in [-0.4, -0.2) is 0 Å². The predicted molar refractivity (Wildman–Crippen MR) is 80.4 cm³/mol. The second-order valence-corrected chi connectivity index (χ2v) is 4.79. The Balaban J connectivity index is 2.17. The molecule has 3 rings (SSSR count). The molecule has 0 aromatic heterocycles. The Morgan fingerprint density at radius 2 is 1.00 bits per heavy atom. The molecule has 0 amide bonds. The second kappa shape index (κ2) is 5.62. The molecule has 0 saturated carbocycles. The van der Waals surface area contributed by atoms with Gasteiger partial charge in [-0.1, -0.05) is 78.9 Å². The summed E-state index contributed by atoms with van der Waals surface area (Å²) in [6, 6.07) is 27.6. The summed E-state index contributed by atoms with van der Waals surface area (Å²) >= 11 is 0. The highest BCUT2D eigenvalue weighted by atomic mass is 16.3. The molecule has 0 heterocycles. The van der Waals surface area contributed by atoms with Crippen molar-refractivity contribution in [2.45, 2.75) is 5.92 Å². The second-order valence-electron chi connectivity index (χ2n) is 4.79. The van der Waals surface area contributed by atoms with Gasteiger partial charge in [-0.05, 0) is 17.2 Å². The summed E-state index contributed by atoms with van der Waals surface area (Å²) in [7, 11) is 0. The zero-order chi connectivity index (χ0) is 13.8. The number of hydrogen-bond acceptors (Lipinski definition) is 0. The van der Waals surface area contributed by atoms with Gasteiger partial charge in [-0.2, -0.15) is 0 Å². The summed E-state index contributed by atoms with van der Waals surface area (Å²) in [6.45, 7) is 0. The van der Waals surface area contributed by atoms with Crippen LogP contribution in [0.3, 0.4) is 0 Å². The Hall–Kier alpha value is -2.54. The minimum absolute atomic E-state index is 0.00824. The minimum atomic E-state index is -0.00824. The number of hydrogen-bond donors (Lipinski definition) is 0. The molecule has 1 heteroatoms. The molecule has 0 aliphatic carbocycles. The largest absolute Gasteiger partial charge is 0.290 e. The van der Waals surface area contributed by atoms with Gasteiger partial charge in [0.2, 0.25) is 0 Å². The summed E-state index contributed by atoms with van der Waals surface area (Å²) in [5, 5.41) is 12.2. The zero-order valence-electron chi connectivity index (χ0n) is 11.1. The van der Waals surface area contributed by atoms with E-state index in [2.05, 4.69) is 24.3 Å². The molecule has 1 radical (unpaired) electrons. The van der Waals surface area contributed by atoms with E-state index in [-0.39, 0.29) is 11.7 Å². The van der Waals surface area contributed by atoms with Crippen molar-refractivity contribution in [1.29, 1.82) is 0 Å². The van der Waals surface area contributed by atoms with Crippen molar-refractivity contribution >= 4 is 0 Å². The van der Waals surface area contributed by atoms with Crippen molar-refractivity contribution in [3.05, 3.63) is 102 Å². The van der Waals surface area contributed by atoms with Gasteiger partial charge in [-0.3, -0.25) is 5.11 Å². The van der Waals surface area contributed by atoms with Crippen molar-refractivity contribution in [2.24, 2.45) is 0 Å². The van der Waals surface area contributed by atoms with Crippen LogP contribution in [0, 0.1) is 0 Å². The summed E-state index contributed by atoms with van der Waals surface area (Å²) < 4.78 is 0. The normalized spacial score (nSPS) is 10.7. The van der Waals surface area contributed by atoms with Crippen molar-refractivity contribution in [3.63, 3.8) is 0 Å². The maximum Gasteiger partial charge on any atom is 0.182 e. The van der Waals surface area contributed by atoms with Gasteiger partial charge in [0.1, 0.15) is 0 Å². The van der Waals surface area contributed by atoms with Crippen LogP contribution in [0.25, 0.3) is 0 Å². The van der Waals surface area contributed by atoms with E-state index in [0.717, 1.165) is 16.7 Å². The molecule has 20 heavy (non-hydrogen) atoms. The SMILES string of the molecule is [O]c1ccccc1C(c1ccccc1)c1ccccc1. The Kier molecular flexibility index (Phi) is 3.51. The fourth-order valence-electron chi connectivity index (χ4n) is 2.56. The van der Waals surface area contributed by atoms with E-state index < -0.39 is 0 Å². The maximum absolute atomic E-state index is 12.2. The Morgan fingerprint density at radius 3 is 1.50 bits per heavy atom. The quantitative estimate of drug-likeness (QED) is 0.589. The van der Waals surface area contributed by atoms with Gasteiger partial charge in [-0.25, -0.2) is 0 Å². The first kappa shape index (κ1) is 12.5. The van der Waals surface area contributed by atoms with E-state index in [1.165, 1.54) is 0 Å². The molecule has 0 aliphatic heterocycles. The van der Waals surface area contributed by atoms with Crippen LogP contribution in [-0.2, 0) is 5.11 Å². The first-order chi connectivity index (χ1) is 9.86. The van der Waals surface area contributed by atoms with Crippen molar-refractivity contribution in [1.82, 2.24) is 0 Å². The third-order valence-corrected chi connectivity index (χ3v) is 3.50. The highest BCUT2D eigenvalue weighted by Crippen LogP contribution is 2.36. The average Bonchev–Trinajstić information content (AvgIpc) is 2.52. The van der Waals surface area contributed by atoms with Gasteiger partial charge in [0, 0.05) is 11.5 Å². The Morgan fingerprint density at radius 1 is 0.550 bits per heavy atom. The van der Waals surface area contributed by atoms with E-state index >= 15 is 0 Å². The van der Waals surface area contributed by atoms with Crippen molar-refractivity contribution in [2.75, 3.05) is 0 Å². The molecule has 3 aromatic rings. The fraction of sp³-hybridized carbons (Fsp3) is 0.0526. The van der Waals surface area contributed by atoms with Gasteiger partial charge < -0.3 is 0 Å². The zero-order valence-corrected chi connectivity index (χ0v) is 11.1. The molecule has 0 fully saturated rings. The average molecular weight is 259 g/mol. The summed E-state index contributed by atoms with van der Waals surface area (Å²) in [4.78, 5) is 0. The Bertz CT molecular complexity index is 635. The molecule has 0 aliphatic rings. The molecule has 0 spiro atoms. The first-order valence-corrected chi connectivity index (χ1v) is 6.72. The van der Waals surface area contributed by atoms with Crippen LogP contribution in [0.1, 0.15) is 22.6 Å². The minimum Gasteiger partial charge on any atom is -0.290 e. The molecule has 97 valence electrons. The molecular formula is C19H15O. The van der Waals surface area contributed by atoms with Crippen LogP contribution in [0.15, 0.2) is 84.9 Å². The lowest BCUT2D eigenvalue weighted by Crippen LogP contribution is -2.03. The monoisotopic (exact) mass is 259 g/mol. The number of rotatable bonds is 3. The lowest BCUT2D eigenvalue weighted by atomic mass is 9.85. The smallest absolute Gasteiger partial charge is 0.182 e. The molecule has 1 nitrogen and oxygen atoms in total. The molecule has 0 atom stereocenters. The lowest BCUT2D eigenvalue weighted by molar-refractivity contribution is 0.349. The molecule has 0 bridgehead atoms. The van der Waals surface area contributed by atoms with Gasteiger partial charge in [0.05, 0.1) is 0 Å². The van der Waals surface area contributed by atoms with E-state index in [1.807, 2.05) is 48.5 Å². The number of benzene rings is 3. The van der Waals surface area contributed by atoms with Crippen LogP contribution in [0.5, 0.6) is 5.75 Å². The van der Waals surface area contributed by atoms with Crippen molar-refractivity contribution < 1.29 is 5.11 Å². The first-order valence-electron chi connectivity index (χ1n) is 6.72. The van der Waals surface area contributed by atoms with Crippen molar-refractivity contribution in [3.8, 4) is 5.75 Å². The van der Waals surface area contributed by atoms with Crippen LogP contribution in [0.2, 0.25) is 0 Å². The van der Waals surface area contributed by atoms with E-state index in [1.54, 1.807) is 12.1 Å². The van der Waals surface area contributed by atoms with E-state index in [0.29, 0.717) is 0 Å². The fourth-order valence-corrected chi connectivity index (χ4v) is 2.56. The third-order valence-electron chi connectivity index (χ3n) is 3.50. The van der Waals surface area contributed by atoms with Gasteiger partial charge in [0.15, 0.2) is 5.75 Å². The third kappa shape index (κ3) is 2.43. The van der Waals surface area contributed by atoms with E-state index in [9.17, 15) is 5.11 Å². The standard InChI is InChI=1S/C19H15O/c20-18-14-8-7-13-17(18)19(15-9-3-1-4-10-15)16-11-5-2-6-12-16/h1-14,19H. The molecule has 0 N–H and O–H groups in total. The van der Waals surface area contributed by atoms with E-state index in [4.69, 9.17) is 0 Å². The summed E-state index contributed by atoms with van der Waals surface area (Å²) in [6.07, 6.45) is 0. The van der Waals surface area contributed by atoms with Gasteiger partial charge in [0.25, 0.3) is 0 Å². The summed E-state index contributed by atoms with van der Waals surface area (Å²) in [5.41, 5.74) is 3.11. The van der Waals surface area contributed by atoms with Crippen LogP contribution in [0.4, 0.5) is 0 Å². The topological polar surface area (TPSA) is 19.9 Å². The molecule has 0 unspecified atom stereocenters. The maximum atomic E-state index is 12.2. The molecule has 0 saturated heterocycles. The highest BCUT2D eigenvalue weighted by molar-refractivity contribution is 5.48. The predicted octanol–water partition coefficient (Wildman–Crippen LogP) is 5.01. The molecule has 3 aromatic carbocycles. The van der Waals surface area contributed by atoms with Crippen LogP contribution < -0.4 is 0 Å². The van der Waals surface area contributed by atoms with Gasteiger partial charge >= 0.3 is 0 Å². The summed E-state index contributed by atoms with van der Waals surface area (Å²) in [5.74, 6) is 0.0799. The van der Waals surface area contributed by atoms with Crippen LogP contribution >= 0.6 is 0 Å². The highest BCUT2D eigenvalue weighted by Gasteiger charge is 2.19.